The van der Waals surface area contributed by atoms with Crippen LogP contribution < -0.4 is 10.0 Å². The molecule has 1 saturated heterocycles. The van der Waals surface area contributed by atoms with Crippen molar-refractivity contribution in [3.8, 4) is 0 Å². The van der Waals surface area contributed by atoms with E-state index in [0.717, 1.165) is 44.3 Å². The normalized spacial score (nSPS) is 16.8. The number of carbonyl (C=O) groups excluding carboxylic acids is 1. The number of amides is 1. The van der Waals surface area contributed by atoms with E-state index in [-0.39, 0.29) is 5.91 Å². The monoisotopic (exact) mass is 475 g/mol. The number of thiophene rings is 1. The van der Waals surface area contributed by atoms with Crippen molar-refractivity contribution in [1.29, 1.82) is 0 Å². The zero-order valence-electron chi connectivity index (χ0n) is 20.2. The van der Waals surface area contributed by atoms with Gasteiger partial charge < -0.3 is 10.2 Å². The maximum absolute atomic E-state index is 12.3. The van der Waals surface area contributed by atoms with Crippen LogP contribution >= 0.6 is 23.3 Å². The highest BCUT2D eigenvalue weighted by Crippen LogP contribution is 2.32. The molecule has 0 atom stereocenters. The number of amidine groups is 1. The molecule has 8 heteroatoms. The van der Waals surface area contributed by atoms with E-state index in [9.17, 15) is 4.79 Å². The molecule has 3 heterocycles. The molecular formula is C24H37N5OS2. The fourth-order valence-corrected chi connectivity index (χ4v) is 4.91. The number of nitrogens with one attached hydrogen (secondary N) is 2. The van der Waals surface area contributed by atoms with E-state index in [0.29, 0.717) is 0 Å². The first-order chi connectivity index (χ1) is 15.2. The molecule has 0 radical (unpaired) electrons. The van der Waals surface area contributed by atoms with Gasteiger partial charge in [-0.25, -0.2) is 4.99 Å². The third-order valence-electron chi connectivity index (χ3n) is 5.22. The molecule has 0 aliphatic carbocycles. The van der Waals surface area contributed by atoms with Gasteiger partial charge in [0.15, 0.2) is 0 Å². The van der Waals surface area contributed by atoms with Crippen molar-refractivity contribution in [3.63, 3.8) is 0 Å². The zero-order chi connectivity index (χ0) is 23.7. The highest BCUT2D eigenvalue weighted by Gasteiger charge is 2.32. The number of allylic oxidation sites excluding steroid dienone is 4. The molecule has 1 aromatic heterocycles. The first-order valence-electron chi connectivity index (χ1n) is 10.9. The number of nitrogens with zero attached hydrogens (tertiary/aromatic N) is 3. The Bertz CT molecular complexity index is 877. The van der Waals surface area contributed by atoms with E-state index < -0.39 is 5.41 Å². The Balaban J connectivity index is 0.000000654. The van der Waals surface area contributed by atoms with E-state index in [1.165, 1.54) is 27.4 Å². The lowest BCUT2D eigenvalue weighted by atomic mass is 9.91. The molecule has 32 heavy (non-hydrogen) atoms. The Kier molecular flexibility index (Phi) is 10.1. The number of rotatable bonds is 5. The summed E-state index contributed by atoms with van der Waals surface area (Å²) in [6.07, 6.45) is 9.43. The molecule has 1 fully saturated rings. The summed E-state index contributed by atoms with van der Waals surface area (Å²) < 4.78 is 2.87. The Morgan fingerprint density at radius 1 is 1.34 bits per heavy atom. The average Bonchev–Trinajstić information content (AvgIpc) is 3.05. The van der Waals surface area contributed by atoms with Crippen LogP contribution in [0.3, 0.4) is 0 Å². The van der Waals surface area contributed by atoms with Gasteiger partial charge in [-0.3, -0.25) is 14.4 Å². The van der Waals surface area contributed by atoms with Crippen LogP contribution in [0.4, 0.5) is 5.00 Å². The van der Waals surface area contributed by atoms with Crippen LogP contribution in [0.5, 0.6) is 0 Å². The van der Waals surface area contributed by atoms with Crippen LogP contribution in [0.2, 0.25) is 0 Å². The molecule has 2 N–H and O–H groups in total. The van der Waals surface area contributed by atoms with Crippen molar-refractivity contribution in [2.24, 2.45) is 10.4 Å². The highest BCUT2D eigenvalue weighted by atomic mass is 32.2. The molecule has 2 aliphatic heterocycles. The molecule has 0 bridgehead atoms. The van der Waals surface area contributed by atoms with Crippen molar-refractivity contribution in [2.45, 2.75) is 34.6 Å². The number of aryl methyl sites for hydroxylation is 1. The lowest BCUT2D eigenvalue weighted by molar-refractivity contribution is -0.128. The predicted octanol–water partition coefficient (Wildman–Crippen LogP) is 4.88. The highest BCUT2D eigenvalue weighted by molar-refractivity contribution is 7.97. The summed E-state index contributed by atoms with van der Waals surface area (Å²) in [5.41, 5.74) is 1.79. The largest absolute Gasteiger partial charge is 0.353 e. The third kappa shape index (κ3) is 7.25. The zero-order valence-corrected chi connectivity index (χ0v) is 21.8. The quantitative estimate of drug-likeness (QED) is 0.470. The van der Waals surface area contributed by atoms with E-state index in [1.807, 2.05) is 52.3 Å². The fraction of sp³-hybridized carbons (Fsp3) is 0.500. The Hall–Kier alpha value is -2.03. The fourth-order valence-electron chi connectivity index (χ4n) is 3.57. The van der Waals surface area contributed by atoms with Crippen LogP contribution in [-0.2, 0) is 4.79 Å². The maximum Gasteiger partial charge on any atom is 0.236 e. The first kappa shape index (κ1) is 26.2. The van der Waals surface area contributed by atoms with Crippen LogP contribution in [0.1, 0.15) is 38.1 Å². The van der Waals surface area contributed by atoms with Gasteiger partial charge in [-0.05, 0) is 40.7 Å². The van der Waals surface area contributed by atoms with Crippen LogP contribution in [-0.4, -0.2) is 60.5 Å². The van der Waals surface area contributed by atoms with Gasteiger partial charge in [0, 0.05) is 50.1 Å². The minimum atomic E-state index is -0.397. The van der Waals surface area contributed by atoms with Gasteiger partial charge >= 0.3 is 0 Å². The van der Waals surface area contributed by atoms with Gasteiger partial charge in [-0.2, -0.15) is 0 Å². The second kappa shape index (κ2) is 12.3. The summed E-state index contributed by atoms with van der Waals surface area (Å²) in [4.78, 5) is 23.2. The summed E-state index contributed by atoms with van der Waals surface area (Å²) in [6, 6.07) is 2.22. The van der Waals surface area contributed by atoms with Crippen LogP contribution in [0.25, 0.3) is 0 Å². The minimum Gasteiger partial charge on any atom is -0.353 e. The van der Waals surface area contributed by atoms with Crippen molar-refractivity contribution in [1.82, 2.24) is 14.5 Å². The van der Waals surface area contributed by atoms with Crippen molar-refractivity contribution in [2.75, 3.05) is 44.3 Å². The van der Waals surface area contributed by atoms with Gasteiger partial charge in [0.1, 0.15) is 10.8 Å². The second-order valence-corrected chi connectivity index (χ2v) is 10.4. The lowest BCUT2D eigenvalue weighted by Crippen LogP contribution is -2.52. The van der Waals surface area contributed by atoms with Gasteiger partial charge in [-0.15, -0.1) is 11.3 Å². The number of aliphatic imine (C=N–C) groups is 1. The molecular weight excluding hydrogens is 438 g/mol. The second-order valence-electron chi connectivity index (χ2n) is 8.51. The molecule has 0 aromatic carbocycles. The van der Waals surface area contributed by atoms with Gasteiger partial charge in [-0.1, -0.05) is 36.8 Å². The molecule has 1 aromatic rings. The lowest BCUT2D eigenvalue weighted by Gasteiger charge is -2.39. The maximum atomic E-state index is 12.3. The Morgan fingerprint density at radius 2 is 2.03 bits per heavy atom. The average molecular weight is 476 g/mol. The Labute approximate surface area is 201 Å². The van der Waals surface area contributed by atoms with Crippen molar-refractivity contribution >= 4 is 40.0 Å². The number of carbonyl (C=O) groups is 1. The summed E-state index contributed by atoms with van der Waals surface area (Å²) in [7, 11) is 0. The van der Waals surface area contributed by atoms with E-state index in [1.54, 1.807) is 17.4 Å². The predicted molar refractivity (Wildman–Crippen MR) is 141 cm³/mol. The number of hydrogen-bond donors (Lipinski definition) is 2. The smallest absolute Gasteiger partial charge is 0.236 e. The first-order valence-corrected chi connectivity index (χ1v) is 12.9. The van der Waals surface area contributed by atoms with E-state index in [2.05, 4.69) is 39.4 Å². The van der Waals surface area contributed by atoms with Crippen LogP contribution in [0.15, 0.2) is 47.8 Å². The van der Waals surface area contributed by atoms with Crippen molar-refractivity contribution < 1.29 is 4.79 Å². The number of hydrogen-bond acceptors (Lipinski definition) is 7. The molecule has 6 nitrogen and oxygen atoms in total. The summed E-state index contributed by atoms with van der Waals surface area (Å²) in [5.74, 6) is 1.16. The number of piperazine rings is 1. The van der Waals surface area contributed by atoms with Gasteiger partial charge in [0.05, 0.1) is 16.7 Å². The molecule has 0 saturated carbocycles. The van der Waals surface area contributed by atoms with E-state index >= 15 is 0 Å². The number of fused-ring (bicyclic) bond motifs is 1. The Morgan fingerprint density at radius 3 is 2.59 bits per heavy atom. The molecule has 3 rings (SSSR count). The van der Waals surface area contributed by atoms with Crippen LogP contribution in [0, 0.1) is 12.3 Å². The molecule has 0 unspecified atom stereocenters. The number of anilines is 1. The molecule has 176 valence electrons. The summed E-state index contributed by atoms with van der Waals surface area (Å²) in [5, 5.41) is 4.55. The van der Waals surface area contributed by atoms with E-state index in [4.69, 9.17) is 4.99 Å². The van der Waals surface area contributed by atoms with Crippen molar-refractivity contribution in [3.05, 3.63) is 53.2 Å². The molecule has 2 aliphatic rings. The topological polar surface area (TPSA) is 60.0 Å². The third-order valence-corrected chi connectivity index (χ3v) is 6.59. The van der Waals surface area contributed by atoms with Gasteiger partial charge in [0.2, 0.25) is 5.91 Å². The summed E-state index contributed by atoms with van der Waals surface area (Å²) >= 11 is 3.13. The standard InChI is InChI=1S/C19H29N5OS2.C5H8/c1-13-11-20-17-15(10-14(2)27-17)16(21-13)24-8-6-23(7-9-24)12-19(3,4)18(25)22-26-5;1-3-5-4-2/h10-11,20H,6-9,12H2,1-5H3,(H,22,25);3-5H,1H2,2H3/b;5-4-. The SMILES string of the molecule is C=C/C=C\C.CSNC(=O)C(C)(C)CN1CCN(C2=NC(C)=CNc3sc(C)cc32)CC1. The summed E-state index contributed by atoms with van der Waals surface area (Å²) in [6.45, 7) is 18.1. The van der Waals surface area contributed by atoms with Gasteiger partial charge in [0.25, 0.3) is 0 Å². The molecule has 1 amide bonds. The minimum absolute atomic E-state index is 0.0933. The molecule has 0 spiro atoms.